The van der Waals surface area contributed by atoms with Crippen molar-refractivity contribution in [2.24, 2.45) is 0 Å². The predicted octanol–water partition coefficient (Wildman–Crippen LogP) is 2.76. The Morgan fingerprint density at radius 2 is 2.16 bits per heavy atom. The lowest BCUT2D eigenvalue weighted by Crippen LogP contribution is -2.13. The molecule has 0 amide bonds. The largest absolute Gasteiger partial charge is 0.406 e. The summed E-state index contributed by atoms with van der Waals surface area (Å²) in [6, 6.07) is 5.05. The van der Waals surface area contributed by atoms with Crippen LogP contribution in [0.5, 0.6) is 0 Å². The predicted molar refractivity (Wildman–Crippen MR) is 70.7 cm³/mol. The maximum absolute atomic E-state index is 13.6. The van der Waals surface area contributed by atoms with Crippen molar-refractivity contribution in [3.8, 4) is 0 Å². The van der Waals surface area contributed by atoms with Crippen molar-refractivity contribution in [2.45, 2.75) is 26.8 Å². The Balaban J connectivity index is 2.03. The van der Waals surface area contributed by atoms with Crippen molar-refractivity contribution in [3.63, 3.8) is 0 Å². The summed E-state index contributed by atoms with van der Waals surface area (Å²) in [6.07, 6.45) is 1.04. The monoisotopic (exact) mass is 264 g/mol. The molecule has 0 spiro atoms. The van der Waals surface area contributed by atoms with E-state index in [1.807, 2.05) is 13.0 Å². The van der Waals surface area contributed by atoms with Crippen LogP contribution in [0, 0.1) is 12.7 Å². The summed E-state index contributed by atoms with van der Waals surface area (Å²) in [5, 5.41) is 13.7. The Bertz CT molecular complexity index is 521. The third-order valence-electron chi connectivity index (χ3n) is 2.62. The van der Waals surface area contributed by atoms with Gasteiger partial charge in [0, 0.05) is 0 Å². The molecule has 1 aromatic heterocycles. The molecule has 2 N–H and O–H groups in total. The van der Waals surface area contributed by atoms with Crippen LogP contribution in [0.4, 0.5) is 16.1 Å². The van der Waals surface area contributed by atoms with E-state index in [4.69, 9.17) is 4.42 Å². The van der Waals surface area contributed by atoms with Crippen LogP contribution in [0.1, 0.15) is 24.8 Å². The first-order chi connectivity index (χ1) is 9.20. The first-order valence-electron chi connectivity index (χ1n) is 6.26. The third-order valence-corrected chi connectivity index (χ3v) is 2.62. The molecule has 0 atom stereocenters. The lowest BCUT2D eigenvalue weighted by atomic mass is 10.2. The fourth-order valence-electron chi connectivity index (χ4n) is 1.64. The zero-order valence-electron chi connectivity index (χ0n) is 11.0. The molecular weight excluding hydrogens is 247 g/mol. The van der Waals surface area contributed by atoms with E-state index in [1.54, 1.807) is 6.07 Å². The van der Waals surface area contributed by atoms with Gasteiger partial charge in [0.1, 0.15) is 5.82 Å². The SMILES string of the molecule is CCCNCc1nnc(Nc2c(C)cccc2F)o1. The number of para-hydroxylation sites is 1. The summed E-state index contributed by atoms with van der Waals surface area (Å²) < 4.78 is 19.0. The van der Waals surface area contributed by atoms with E-state index in [-0.39, 0.29) is 11.8 Å². The number of anilines is 2. The molecule has 0 aliphatic rings. The highest BCUT2D eigenvalue weighted by molar-refractivity contribution is 5.57. The molecule has 0 aliphatic heterocycles. The van der Waals surface area contributed by atoms with Gasteiger partial charge >= 0.3 is 6.01 Å². The smallest absolute Gasteiger partial charge is 0.320 e. The minimum Gasteiger partial charge on any atom is -0.406 e. The Hall–Kier alpha value is -1.95. The number of nitrogens with zero attached hydrogens (tertiary/aromatic N) is 2. The van der Waals surface area contributed by atoms with Crippen molar-refractivity contribution in [1.82, 2.24) is 15.5 Å². The third kappa shape index (κ3) is 3.51. The second-order valence-electron chi connectivity index (χ2n) is 4.23. The fraction of sp³-hybridized carbons (Fsp3) is 0.385. The maximum atomic E-state index is 13.6. The van der Waals surface area contributed by atoms with E-state index in [2.05, 4.69) is 27.8 Å². The summed E-state index contributed by atoms with van der Waals surface area (Å²) in [7, 11) is 0. The van der Waals surface area contributed by atoms with Gasteiger partial charge in [0.05, 0.1) is 12.2 Å². The van der Waals surface area contributed by atoms with Gasteiger partial charge in [-0.1, -0.05) is 24.2 Å². The molecule has 1 aromatic carbocycles. The normalized spacial score (nSPS) is 10.7. The number of benzene rings is 1. The van der Waals surface area contributed by atoms with Gasteiger partial charge in [0.25, 0.3) is 0 Å². The van der Waals surface area contributed by atoms with Crippen LogP contribution in [0.15, 0.2) is 22.6 Å². The highest BCUT2D eigenvalue weighted by Crippen LogP contribution is 2.22. The lowest BCUT2D eigenvalue weighted by molar-refractivity contribution is 0.479. The summed E-state index contributed by atoms with van der Waals surface area (Å²) in [4.78, 5) is 0. The average Bonchev–Trinajstić information content (AvgIpc) is 2.82. The average molecular weight is 264 g/mol. The van der Waals surface area contributed by atoms with E-state index in [0.29, 0.717) is 18.1 Å². The molecule has 6 heteroatoms. The zero-order chi connectivity index (χ0) is 13.7. The second kappa shape index (κ2) is 6.29. The van der Waals surface area contributed by atoms with Gasteiger partial charge in [0.2, 0.25) is 5.89 Å². The van der Waals surface area contributed by atoms with Crippen LogP contribution in [-0.2, 0) is 6.54 Å². The number of hydrogen-bond acceptors (Lipinski definition) is 5. The molecule has 1 heterocycles. The number of aromatic nitrogens is 2. The van der Waals surface area contributed by atoms with Gasteiger partial charge in [-0.3, -0.25) is 0 Å². The fourth-order valence-corrected chi connectivity index (χ4v) is 1.64. The Morgan fingerprint density at radius 3 is 2.89 bits per heavy atom. The number of nitrogens with one attached hydrogen (secondary N) is 2. The summed E-state index contributed by atoms with van der Waals surface area (Å²) in [6.45, 7) is 5.29. The standard InChI is InChI=1S/C13H17FN4O/c1-3-7-15-8-11-17-18-13(19-11)16-12-9(2)5-4-6-10(12)14/h4-6,15H,3,7-8H2,1-2H3,(H,16,18). The van der Waals surface area contributed by atoms with Crippen molar-refractivity contribution in [3.05, 3.63) is 35.5 Å². The number of rotatable bonds is 6. The van der Waals surface area contributed by atoms with Gasteiger partial charge in [-0.05, 0) is 31.5 Å². The van der Waals surface area contributed by atoms with Gasteiger partial charge in [-0.15, -0.1) is 5.10 Å². The molecule has 0 bridgehead atoms. The van der Waals surface area contributed by atoms with Crippen molar-refractivity contribution < 1.29 is 8.81 Å². The van der Waals surface area contributed by atoms with Crippen LogP contribution >= 0.6 is 0 Å². The molecule has 102 valence electrons. The molecule has 0 aliphatic carbocycles. The maximum Gasteiger partial charge on any atom is 0.320 e. The Kier molecular flexibility index (Phi) is 4.46. The number of aryl methyl sites for hydroxylation is 1. The second-order valence-corrected chi connectivity index (χ2v) is 4.23. The Labute approximate surface area is 111 Å². The summed E-state index contributed by atoms with van der Waals surface area (Å²) in [5.74, 6) is 0.133. The molecule has 0 radical (unpaired) electrons. The van der Waals surface area contributed by atoms with E-state index in [9.17, 15) is 4.39 Å². The van der Waals surface area contributed by atoms with Crippen molar-refractivity contribution in [1.29, 1.82) is 0 Å². The molecule has 0 saturated carbocycles. The first kappa shape index (κ1) is 13.5. The topological polar surface area (TPSA) is 63.0 Å². The minimum atomic E-state index is -0.344. The lowest BCUT2D eigenvalue weighted by Gasteiger charge is -2.06. The molecule has 0 unspecified atom stereocenters. The van der Waals surface area contributed by atoms with Crippen LogP contribution in [0.3, 0.4) is 0 Å². The van der Waals surface area contributed by atoms with Crippen LogP contribution in [-0.4, -0.2) is 16.7 Å². The molecule has 19 heavy (non-hydrogen) atoms. The zero-order valence-corrected chi connectivity index (χ0v) is 11.0. The van der Waals surface area contributed by atoms with Crippen molar-refractivity contribution in [2.75, 3.05) is 11.9 Å². The van der Waals surface area contributed by atoms with Crippen LogP contribution in [0.2, 0.25) is 0 Å². The Morgan fingerprint density at radius 1 is 1.32 bits per heavy atom. The number of halogens is 1. The summed E-state index contributed by atoms with van der Waals surface area (Å²) >= 11 is 0. The highest BCUT2D eigenvalue weighted by Gasteiger charge is 2.10. The molecule has 5 nitrogen and oxygen atoms in total. The minimum absolute atomic E-state index is 0.196. The van der Waals surface area contributed by atoms with Gasteiger partial charge < -0.3 is 15.1 Å². The number of hydrogen-bond donors (Lipinski definition) is 2. The van der Waals surface area contributed by atoms with Crippen molar-refractivity contribution >= 4 is 11.7 Å². The van der Waals surface area contributed by atoms with Gasteiger partial charge in [-0.25, -0.2) is 4.39 Å². The van der Waals surface area contributed by atoms with Gasteiger partial charge in [0.15, 0.2) is 0 Å². The molecule has 2 aromatic rings. The van der Waals surface area contributed by atoms with E-state index < -0.39 is 0 Å². The molecule has 2 rings (SSSR count). The molecule has 0 saturated heterocycles. The molecule has 0 fully saturated rings. The summed E-state index contributed by atoms with van der Waals surface area (Å²) in [5.41, 5.74) is 1.14. The quantitative estimate of drug-likeness (QED) is 0.785. The van der Waals surface area contributed by atoms with Gasteiger partial charge in [-0.2, -0.15) is 0 Å². The van der Waals surface area contributed by atoms with E-state index >= 15 is 0 Å². The van der Waals surface area contributed by atoms with E-state index in [0.717, 1.165) is 18.5 Å². The van der Waals surface area contributed by atoms with Crippen LogP contribution < -0.4 is 10.6 Å². The first-order valence-corrected chi connectivity index (χ1v) is 6.26. The van der Waals surface area contributed by atoms with E-state index in [1.165, 1.54) is 6.07 Å². The molecular formula is C13H17FN4O. The highest BCUT2D eigenvalue weighted by atomic mass is 19.1. The van der Waals surface area contributed by atoms with Crippen LogP contribution in [0.25, 0.3) is 0 Å².